The maximum Gasteiger partial charge on any atom is 0.164 e. The second-order valence-corrected chi connectivity index (χ2v) is 2.36. The summed E-state index contributed by atoms with van der Waals surface area (Å²) in [5, 5.41) is 0. The highest BCUT2D eigenvalue weighted by Crippen LogP contribution is 2.11. The highest BCUT2D eigenvalue weighted by molar-refractivity contribution is 6.00. The normalized spacial score (nSPS) is 7.67. The molecular weight excluding hydrogens is 186 g/mol. The number of hydrogen-bond acceptors (Lipinski definition) is 2. The summed E-state index contributed by atoms with van der Waals surface area (Å²) >= 11 is 0. The van der Waals surface area contributed by atoms with Crippen LogP contribution >= 0.6 is 0 Å². The lowest BCUT2D eigenvalue weighted by molar-refractivity contribution is 0.0989. The van der Waals surface area contributed by atoms with Crippen LogP contribution in [0.15, 0.2) is 37.4 Å². The molecule has 0 heterocycles. The van der Waals surface area contributed by atoms with E-state index in [1.54, 1.807) is 12.1 Å². The molecule has 0 saturated carbocycles. The number of Topliss-reactive ketones (excluding diaryl/α,β-unsaturated/α-hetero) is 1. The van der Waals surface area contributed by atoms with Gasteiger partial charge in [0.1, 0.15) is 0 Å². The van der Waals surface area contributed by atoms with Crippen LogP contribution in [0.5, 0.6) is 0 Å². The molecule has 1 rings (SSSR count). The average Bonchev–Trinajstić information content (AvgIpc) is 2.34. The fourth-order valence-electron chi connectivity index (χ4n) is 0.941. The summed E-state index contributed by atoms with van der Waals surface area (Å²) in [6, 6.07) is 7.13. The van der Waals surface area contributed by atoms with E-state index in [9.17, 15) is 4.79 Å². The molecule has 0 aliphatic carbocycles. The molecule has 0 atom stereocenters. The zero-order chi connectivity index (χ0) is 12.3. The number of carbonyl (C=O) groups excluding carboxylic acids is 1. The third-order valence-electron chi connectivity index (χ3n) is 1.58. The standard InChI is InChI=1S/C9H11NO.C2H6.C2H4/c1-2-9(11)7-5-3-4-6-8(7)10;2*1-2/h3-6H,2,10H2,1H3;1-2H3;1-2H2. The zero-order valence-electron chi connectivity index (χ0n) is 9.92. The van der Waals surface area contributed by atoms with Gasteiger partial charge < -0.3 is 5.73 Å². The Kier molecular flexibility index (Phi) is 11.1. The van der Waals surface area contributed by atoms with Crippen molar-refractivity contribution < 1.29 is 4.79 Å². The largest absolute Gasteiger partial charge is 0.398 e. The van der Waals surface area contributed by atoms with Gasteiger partial charge in [-0.2, -0.15) is 0 Å². The molecule has 1 aromatic carbocycles. The van der Waals surface area contributed by atoms with Crippen LogP contribution in [0.25, 0.3) is 0 Å². The number of rotatable bonds is 2. The first-order chi connectivity index (χ1) is 7.25. The first kappa shape index (κ1) is 15.9. The van der Waals surface area contributed by atoms with Crippen molar-refractivity contribution in [2.45, 2.75) is 27.2 Å². The van der Waals surface area contributed by atoms with E-state index < -0.39 is 0 Å². The van der Waals surface area contributed by atoms with E-state index in [-0.39, 0.29) is 5.78 Å². The first-order valence-electron chi connectivity index (χ1n) is 5.13. The number of nitrogens with two attached hydrogens (primary N) is 1. The predicted molar refractivity (Wildman–Crippen MR) is 68.1 cm³/mol. The van der Waals surface area contributed by atoms with Crippen molar-refractivity contribution in [3.63, 3.8) is 0 Å². The van der Waals surface area contributed by atoms with Gasteiger partial charge >= 0.3 is 0 Å². The fraction of sp³-hybridized carbons (Fsp3) is 0.308. The number of para-hydroxylation sites is 1. The molecule has 15 heavy (non-hydrogen) atoms. The second kappa shape index (κ2) is 10.5. The Morgan fingerprint density at radius 2 is 1.73 bits per heavy atom. The summed E-state index contributed by atoms with van der Waals surface area (Å²) in [4.78, 5) is 11.2. The molecular formula is C13H21NO. The lowest BCUT2D eigenvalue weighted by atomic mass is 10.1. The summed E-state index contributed by atoms with van der Waals surface area (Å²) in [6.07, 6.45) is 0.508. The van der Waals surface area contributed by atoms with Crippen molar-refractivity contribution in [1.82, 2.24) is 0 Å². The number of carbonyl (C=O) groups is 1. The van der Waals surface area contributed by atoms with E-state index in [0.29, 0.717) is 17.7 Å². The van der Waals surface area contributed by atoms with E-state index in [2.05, 4.69) is 13.2 Å². The zero-order valence-corrected chi connectivity index (χ0v) is 9.92. The lowest BCUT2D eigenvalue weighted by Crippen LogP contribution is -2.01. The molecule has 0 bridgehead atoms. The van der Waals surface area contributed by atoms with Crippen molar-refractivity contribution in [2.75, 3.05) is 5.73 Å². The van der Waals surface area contributed by atoms with Gasteiger partial charge in [-0.3, -0.25) is 4.79 Å². The molecule has 0 amide bonds. The molecule has 0 radical (unpaired) electrons. The summed E-state index contributed by atoms with van der Waals surface area (Å²) in [6.45, 7) is 11.8. The minimum Gasteiger partial charge on any atom is -0.398 e. The van der Waals surface area contributed by atoms with Crippen LogP contribution in [0.1, 0.15) is 37.6 Å². The third kappa shape index (κ3) is 5.68. The SMILES string of the molecule is C=C.CC.CCC(=O)c1ccccc1N. The number of anilines is 1. The van der Waals surface area contributed by atoms with Crippen LogP contribution in [-0.4, -0.2) is 5.78 Å². The Morgan fingerprint density at radius 3 is 2.13 bits per heavy atom. The average molecular weight is 207 g/mol. The topological polar surface area (TPSA) is 43.1 Å². The molecule has 2 heteroatoms. The van der Waals surface area contributed by atoms with Crippen LogP contribution in [0.4, 0.5) is 5.69 Å². The van der Waals surface area contributed by atoms with Gasteiger partial charge in [0.15, 0.2) is 5.78 Å². The highest BCUT2D eigenvalue weighted by Gasteiger charge is 2.04. The molecule has 2 N–H and O–H groups in total. The molecule has 2 nitrogen and oxygen atoms in total. The summed E-state index contributed by atoms with van der Waals surface area (Å²) in [5.41, 5.74) is 6.78. The molecule has 0 spiro atoms. The van der Waals surface area contributed by atoms with Crippen molar-refractivity contribution in [3.05, 3.63) is 43.0 Å². The van der Waals surface area contributed by atoms with E-state index in [1.165, 1.54) is 0 Å². The Bertz CT molecular complexity index is 282. The van der Waals surface area contributed by atoms with Crippen molar-refractivity contribution >= 4 is 11.5 Å². The molecule has 1 aromatic rings. The minimum absolute atomic E-state index is 0.100. The lowest BCUT2D eigenvalue weighted by Gasteiger charge is -2.00. The fourth-order valence-corrected chi connectivity index (χ4v) is 0.941. The van der Waals surface area contributed by atoms with Gasteiger partial charge in [0.25, 0.3) is 0 Å². The Morgan fingerprint density at radius 1 is 1.27 bits per heavy atom. The monoisotopic (exact) mass is 207 g/mol. The summed E-state index contributed by atoms with van der Waals surface area (Å²) < 4.78 is 0. The van der Waals surface area contributed by atoms with Gasteiger partial charge in [-0.05, 0) is 12.1 Å². The smallest absolute Gasteiger partial charge is 0.164 e. The third-order valence-corrected chi connectivity index (χ3v) is 1.58. The predicted octanol–water partition coefficient (Wildman–Crippen LogP) is 3.69. The van der Waals surface area contributed by atoms with Gasteiger partial charge in [-0.15, -0.1) is 13.2 Å². The Hall–Kier alpha value is -1.57. The number of benzene rings is 1. The van der Waals surface area contributed by atoms with Crippen molar-refractivity contribution in [2.24, 2.45) is 0 Å². The molecule has 0 aliphatic rings. The van der Waals surface area contributed by atoms with Gasteiger partial charge in [0, 0.05) is 17.7 Å². The summed E-state index contributed by atoms with van der Waals surface area (Å²) in [5.74, 6) is 0.100. The summed E-state index contributed by atoms with van der Waals surface area (Å²) in [7, 11) is 0. The first-order valence-corrected chi connectivity index (χ1v) is 5.13. The maximum atomic E-state index is 11.2. The second-order valence-electron chi connectivity index (χ2n) is 2.36. The van der Waals surface area contributed by atoms with E-state index in [1.807, 2.05) is 32.9 Å². The van der Waals surface area contributed by atoms with Gasteiger partial charge in [-0.1, -0.05) is 32.9 Å². The Balaban J connectivity index is 0. The van der Waals surface area contributed by atoms with Crippen molar-refractivity contribution in [1.29, 1.82) is 0 Å². The quantitative estimate of drug-likeness (QED) is 0.456. The van der Waals surface area contributed by atoms with E-state index >= 15 is 0 Å². The van der Waals surface area contributed by atoms with Crippen LogP contribution in [0.3, 0.4) is 0 Å². The number of ketones is 1. The number of nitrogen functional groups attached to an aromatic ring is 1. The molecule has 84 valence electrons. The van der Waals surface area contributed by atoms with Crippen LogP contribution in [0.2, 0.25) is 0 Å². The minimum atomic E-state index is 0.100. The van der Waals surface area contributed by atoms with Crippen LogP contribution in [0, 0.1) is 0 Å². The van der Waals surface area contributed by atoms with Crippen LogP contribution in [-0.2, 0) is 0 Å². The highest BCUT2D eigenvalue weighted by atomic mass is 16.1. The van der Waals surface area contributed by atoms with Crippen LogP contribution < -0.4 is 5.73 Å². The Labute approximate surface area is 92.8 Å². The molecule has 0 saturated heterocycles. The van der Waals surface area contributed by atoms with E-state index in [0.717, 1.165) is 0 Å². The van der Waals surface area contributed by atoms with Gasteiger partial charge in [0.2, 0.25) is 0 Å². The van der Waals surface area contributed by atoms with Gasteiger partial charge in [0.05, 0.1) is 0 Å². The van der Waals surface area contributed by atoms with Crippen molar-refractivity contribution in [3.8, 4) is 0 Å². The maximum absolute atomic E-state index is 11.2. The number of hydrogen-bond donors (Lipinski definition) is 1. The molecule has 0 fully saturated rings. The molecule has 0 unspecified atom stereocenters. The van der Waals surface area contributed by atoms with E-state index in [4.69, 9.17) is 5.73 Å². The molecule has 0 aromatic heterocycles. The van der Waals surface area contributed by atoms with Gasteiger partial charge in [-0.25, -0.2) is 0 Å². The molecule has 0 aliphatic heterocycles.